The van der Waals surface area contributed by atoms with Crippen molar-refractivity contribution >= 4 is 45.8 Å². The number of fused-ring (bicyclic) bond motifs is 4. The third kappa shape index (κ3) is 9.48. The van der Waals surface area contributed by atoms with Gasteiger partial charge in [0.25, 0.3) is 0 Å². The van der Waals surface area contributed by atoms with Crippen LogP contribution in [0.2, 0.25) is 0 Å². The summed E-state index contributed by atoms with van der Waals surface area (Å²) in [6.07, 6.45) is 13.7. The number of benzene rings is 2. The van der Waals surface area contributed by atoms with Gasteiger partial charge in [-0.25, -0.2) is 19.9 Å². The van der Waals surface area contributed by atoms with E-state index in [1.165, 1.54) is 23.8 Å². The lowest BCUT2D eigenvalue weighted by Crippen LogP contribution is -2.67. The fourth-order valence-corrected chi connectivity index (χ4v) is 9.81. The van der Waals surface area contributed by atoms with Crippen LogP contribution in [0.4, 0.5) is 0 Å². The van der Waals surface area contributed by atoms with Gasteiger partial charge in [-0.3, -0.25) is 19.6 Å². The Hall–Kier alpha value is -7.44. The number of carbonyl (C=O) groups excluding carboxylic acids is 2. The molecule has 18 nitrogen and oxygen atoms in total. The molecule has 4 aromatic heterocycles. The molecule has 2 spiro atoms. The van der Waals surface area contributed by atoms with E-state index in [9.17, 15) is 9.59 Å². The number of rotatable bonds is 15. The number of hydrogen-bond donors (Lipinski definition) is 0. The Morgan fingerprint density at radius 1 is 0.577 bits per heavy atom. The SMILES string of the molecule is COc1cc2c(Oc3cnc4c(c3)C=C(C)C4)ncnc2cc1OCCC(=O)N1CC2(COC2)C1.COc1cc2c(Oc3cnc4c(c3)C=C(C)C4)ncnc2cc1OCCCC(=O)N1CC2(COC2)C1. The van der Waals surface area contributed by atoms with E-state index in [0.29, 0.717) is 93.9 Å². The van der Waals surface area contributed by atoms with E-state index in [0.717, 1.165) is 88.0 Å². The van der Waals surface area contributed by atoms with E-state index in [1.807, 2.05) is 34.1 Å². The smallest absolute Gasteiger partial charge is 0.230 e. The standard InChI is InChI=1S/C27H28N4O5.C26H26N4O5/c1-17-6-18-8-19(11-28-21(18)7-17)36-26-20-9-23(33-2)24(10-22(20)29-16-30-26)35-5-3-4-25(32)31-12-27(13-31)14-34-15-27;1-16-5-17-7-18(10-27-20(17)6-16)35-25-19-8-22(32-2)23(9-21(19)28-15-29-25)34-4-3-24(31)30-11-26(12-30)13-33-14-26/h6,8-11,16H,3-5,7,12-15H2,1-2H3;5,7-10,15H,3-4,6,11-14H2,1-2H3. The first-order valence-electron chi connectivity index (χ1n) is 23.8. The minimum atomic E-state index is 0.0910. The number of pyridine rings is 2. The van der Waals surface area contributed by atoms with Gasteiger partial charge >= 0.3 is 0 Å². The van der Waals surface area contributed by atoms with Crippen molar-refractivity contribution in [3.05, 3.63) is 95.1 Å². The molecule has 71 heavy (non-hydrogen) atoms. The van der Waals surface area contributed by atoms with Crippen molar-refractivity contribution in [2.45, 2.75) is 46.0 Å². The fourth-order valence-electron chi connectivity index (χ4n) is 9.81. The zero-order valence-electron chi connectivity index (χ0n) is 40.2. The van der Waals surface area contributed by atoms with Crippen molar-refractivity contribution < 1.29 is 47.5 Å². The summed E-state index contributed by atoms with van der Waals surface area (Å²) in [5.74, 6) is 4.45. The maximum Gasteiger partial charge on any atom is 0.230 e. The molecule has 6 aromatic rings. The van der Waals surface area contributed by atoms with Gasteiger partial charge in [-0.15, -0.1) is 0 Å². The first kappa shape index (κ1) is 46.0. The predicted octanol–water partition coefficient (Wildman–Crippen LogP) is 7.22. The van der Waals surface area contributed by atoms with Crippen molar-refractivity contribution in [3.63, 3.8) is 0 Å². The third-order valence-corrected chi connectivity index (χ3v) is 13.7. The number of nitrogens with zero attached hydrogens (tertiary/aromatic N) is 8. The van der Waals surface area contributed by atoms with Gasteiger partial charge in [0.15, 0.2) is 23.0 Å². The number of aromatic nitrogens is 6. The van der Waals surface area contributed by atoms with Crippen LogP contribution in [0.5, 0.6) is 46.3 Å². The topological polar surface area (TPSA) is 192 Å². The van der Waals surface area contributed by atoms with Gasteiger partial charge in [0, 0.05) is 57.6 Å². The van der Waals surface area contributed by atoms with Crippen LogP contribution in [0.15, 0.2) is 72.6 Å². The van der Waals surface area contributed by atoms with Crippen molar-refractivity contribution in [1.29, 1.82) is 0 Å². The largest absolute Gasteiger partial charge is 0.493 e. The second-order valence-corrected chi connectivity index (χ2v) is 19.4. The van der Waals surface area contributed by atoms with Gasteiger partial charge in [0.05, 0.1) is 117 Å². The highest BCUT2D eigenvalue weighted by molar-refractivity contribution is 5.88. The summed E-state index contributed by atoms with van der Waals surface area (Å²) in [6.45, 7) is 11.1. The molecule has 18 heteroatoms. The van der Waals surface area contributed by atoms with Crippen molar-refractivity contribution in [3.8, 4) is 46.3 Å². The lowest BCUT2D eigenvalue weighted by molar-refractivity contribution is -0.195. The first-order valence-corrected chi connectivity index (χ1v) is 23.8. The van der Waals surface area contributed by atoms with Crippen LogP contribution in [0.25, 0.3) is 34.0 Å². The highest BCUT2D eigenvalue weighted by Crippen LogP contribution is 2.41. The molecule has 4 fully saturated rings. The molecule has 2 amide bonds. The van der Waals surface area contributed by atoms with Crippen molar-refractivity contribution in [1.82, 2.24) is 39.7 Å². The second-order valence-electron chi connectivity index (χ2n) is 19.4. The van der Waals surface area contributed by atoms with Gasteiger partial charge < -0.3 is 47.7 Å². The van der Waals surface area contributed by atoms with Crippen LogP contribution < -0.4 is 28.4 Å². The third-order valence-electron chi connectivity index (χ3n) is 13.7. The lowest BCUT2D eigenvalue weighted by Gasteiger charge is -2.55. The van der Waals surface area contributed by atoms with Crippen LogP contribution >= 0.6 is 0 Å². The molecule has 0 atom stereocenters. The zero-order chi connectivity index (χ0) is 48.7. The molecular weight excluding hydrogens is 909 g/mol. The van der Waals surface area contributed by atoms with Crippen LogP contribution in [0.1, 0.15) is 55.6 Å². The van der Waals surface area contributed by atoms with E-state index < -0.39 is 0 Å². The summed E-state index contributed by atoms with van der Waals surface area (Å²) in [6, 6.07) is 11.1. The van der Waals surface area contributed by atoms with Gasteiger partial charge in [-0.2, -0.15) is 0 Å². The summed E-state index contributed by atoms with van der Waals surface area (Å²) >= 11 is 0. The first-order chi connectivity index (χ1) is 34.5. The Morgan fingerprint density at radius 2 is 1.04 bits per heavy atom. The monoisotopic (exact) mass is 962 g/mol. The summed E-state index contributed by atoms with van der Waals surface area (Å²) in [4.78, 5) is 55.1. The van der Waals surface area contributed by atoms with Crippen molar-refractivity contribution in [2.24, 2.45) is 10.8 Å². The maximum atomic E-state index is 12.4. The predicted molar refractivity (Wildman–Crippen MR) is 260 cm³/mol. The summed E-state index contributed by atoms with van der Waals surface area (Å²) in [5, 5.41) is 1.39. The molecule has 0 bridgehead atoms. The molecule has 0 N–H and O–H groups in total. The number of ether oxygens (including phenoxy) is 8. The van der Waals surface area contributed by atoms with Crippen LogP contribution in [-0.4, -0.2) is 132 Å². The van der Waals surface area contributed by atoms with Gasteiger partial charge in [0.1, 0.15) is 24.2 Å². The molecule has 4 saturated heterocycles. The van der Waals surface area contributed by atoms with E-state index in [2.05, 4.69) is 55.9 Å². The summed E-state index contributed by atoms with van der Waals surface area (Å²) < 4.78 is 45.7. The average Bonchev–Trinajstić information content (AvgIpc) is 3.88. The quantitative estimate of drug-likeness (QED) is 0.0937. The fraction of sp³-hybridized carbons (Fsp3) is 0.396. The number of hydrogen-bond acceptors (Lipinski definition) is 16. The van der Waals surface area contributed by atoms with Gasteiger partial charge in [-0.1, -0.05) is 23.3 Å². The highest BCUT2D eigenvalue weighted by atomic mass is 16.5. The Bertz CT molecular complexity index is 3120. The molecule has 2 aliphatic carbocycles. The Kier molecular flexibility index (Phi) is 12.3. The van der Waals surface area contributed by atoms with Crippen LogP contribution in [-0.2, 0) is 31.9 Å². The van der Waals surface area contributed by atoms with Crippen LogP contribution in [0, 0.1) is 10.8 Å². The number of methoxy groups -OCH3 is 2. The molecule has 12 rings (SSSR count). The van der Waals surface area contributed by atoms with Gasteiger partial charge in [-0.05, 0) is 55.7 Å². The molecule has 0 saturated carbocycles. The summed E-state index contributed by atoms with van der Waals surface area (Å²) in [5.41, 5.74) is 8.57. The lowest BCUT2D eigenvalue weighted by atomic mass is 9.78. The molecule has 2 aromatic carbocycles. The Balaban J connectivity index is 0.000000154. The maximum absolute atomic E-state index is 12.4. The van der Waals surface area contributed by atoms with Gasteiger partial charge in [0.2, 0.25) is 23.6 Å². The average molecular weight is 963 g/mol. The van der Waals surface area contributed by atoms with E-state index in [1.54, 1.807) is 38.7 Å². The molecule has 4 aliphatic heterocycles. The number of likely N-dealkylation sites (tertiary alicyclic amines) is 2. The molecule has 366 valence electrons. The Labute approximate surface area is 409 Å². The van der Waals surface area contributed by atoms with Crippen LogP contribution in [0.3, 0.4) is 0 Å². The molecule has 8 heterocycles. The Morgan fingerprint density at radius 3 is 1.49 bits per heavy atom. The van der Waals surface area contributed by atoms with E-state index in [4.69, 9.17) is 37.9 Å². The second kappa shape index (κ2) is 19.0. The molecule has 6 aliphatic rings. The minimum Gasteiger partial charge on any atom is -0.493 e. The zero-order valence-corrected chi connectivity index (χ0v) is 40.2. The summed E-state index contributed by atoms with van der Waals surface area (Å²) in [7, 11) is 3.16. The number of amides is 2. The van der Waals surface area contributed by atoms with E-state index >= 15 is 0 Å². The molecule has 0 unspecified atom stereocenters. The number of carbonyl (C=O) groups is 2. The normalized spacial score (nSPS) is 17.4. The van der Waals surface area contributed by atoms with Crippen molar-refractivity contribution in [2.75, 3.05) is 80.0 Å². The minimum absolute atomic E-state index is 0.0910. The molecule has 0 radical (unpaired) electrons. The molecular formula is C53H54N8O10. The highest BCUT2D eigenvalue weighted by Gasteiger charge is 2.51. The van der Waals surface area contributed by atoms with E-state index in [-0.39, 0.29) is 29.3 Å². The number of allylic oxidation sites excluding steroid dienone is 2.